The molecule has 0 atom stereocenters. The van der Waals surface area contributed by atoms with E-state index in [-0.39, 0.29) is 17.1 Å². The molecule has 0 radical (unpaired) electrons. The highest BCUT2D eigenvalue weighted by Gasteiger charge is 2.14. The maximum absolute atomic E-state index is 11.2. The van der Waals surface area contributed by atoms with Crippen LogP contribution in [0.1, 0.15) is 23.7 Å². The minimum absolute atomic E-state index is 0.0147. The second-order valence-electron chi connectivity index (χ2n) is 4.49. The molecule has 0 spiro atoms. The molecule has 0 bridgehead atoms. The number of nitrogens with zero attached hydrogens (tertiary/aromatic N) is 3. The van der Waals surface area contributed by atoms with Crippen molar-refractivity contribution in [1.29, 1.82) is 0 Å². The summed E-state index contributed by atoms with van der Waals surface area (Å²) in [5.41, 5.74) is 0.524. The van der Waals surface area contributed by atoms with Gasteiger partial charge in [-0.1, -0.05) is 6.92 Å². The lowest BCUT2D eigenvalue weighted by Gasteiger charge is -2.09. The van der Waals surface area contributed by atoms with Gasteiger partial charge < -0.3 is 10.4 Å². The average Bonchev–Trinajstić information content (AvgIpc) is 2.52. The Labute approximate surface area is 126 Å². The van der Waals surface area contributed by atoms with Crippen molar-refractivity contribution < 1.29 is 14.8 Å². The standard InChI is InChI=1S/C14H14N4O4/c1-2-7-15-13-11(14(19)20)8-16-12(17-13)9-3-5-10(6-4-9)18(21)22/h3-6,8H,2,7H2,1H3,(H,19,20)(H,15,16,17). The van der Waals surface area contributed by atoms with Crippen molar-refractivity contribution in [2.45, 2.75) is 13.3 Å². The summed E-state index contributed by atoms with van der Waals surface area (Å²) in [6, 6.07) is 5.75. The Bertz CT molecular complexity index is 700. The third-order valence-corrected chi connectivity index (χ3v) is 2.90. The lowest BCUT2D eigenvalue weighted by atomic mass is 10.2. The minimum Gasteiger partial charge on any atom is -0.477 e. The van der Waals surface area contributed by atoms with Gasteiger partial charge in [-0.15, -0.1) is 0 Å². The Hall–Kier alpha value is -3.03. The highest BCUT2D eigenvalue weighted by atomic mass is 16.6. The molecule has 0 aliphatic carbocycles. The number of aromatic nitrogens is 2. The first-order chi connectivity index (χ1) is 10.5. The Kier molecular flexibility index (Phi) is 4.62. The van der Waals surface area contributed by atoms with Gasteiger partial charge in [0.2, 0.25) is 0 Å². The molecule has 0 aliphatic heterocycles. The first kappa shape index (κ1) is 15.4. The van der Waals surface area contributed by atoms with Gasteiger partial charge in [0.25, 0.3) is 5.69 Å². The largest absolute Gasteiger partial charge is 0.477 e. The van der Waals surface area contributed by atoms with Gasteiger partial charge in [-0.2, -0.15) is 0 Å². The Balaban J connectivity index is 2.38. The minimum atomic E-state index is -1.12. The van der Waals surface area contributed by atoms with Crippen molar-refractivity contribution in [3.63, 3.8) is 0 Å². The molecule has 0 saturated carbocycles. The summed E-state index contributed by atoms with van der Waals surface area (Å²) in [4.78, 5) is 29.5. The van der Waals surface area contributed by atoms with Crippen molar-refractivity contribution in [1.82, 2.24) is 9.97 Å². The Morgan fingerprint density at radius 2 is 2.05 bits per heavy atom. The lowest BCUT2D eigenvalue weighted by molar-refractivity contribution is -0.384. The van der Waals surface area contributed by atoms with E-state index in [2.05, 4.69) is 15.3 Å². The normalized spacial score (nSPS) is 10.2. The number of anilines is 1. The SMILES string of the molecule is CCCNc1nc(-c2ccc([N+](=O)[O-])cc2)ncc1C(=O)O. The van der Waals surface area contributed by atoms with E-state index in [1.54, 1.807) is 0 Å². The maximum Gasteiger partial charge on any atom is 0.341 e. The van der Waals surface area contributed by atoms with E-state index in [9.17, 15) is 14.9 Å². The summed E-state index contributed by atoms with van der Waals surface area (Å²) in [6.45, 7) is 2.53. The van der Waals surface area contributed by atoms with Crippen molar-refractivity contribution in [3.05, 3.63) is 46.1 Å². The predicted molar refractivity (Wildman–Crippen MR) is 79.9 cm³/mol. The highest BCUT2D eigenvalue weighted by Crippen LogP contribution is 2.22. The van der Waals surface area contributed by atoms with Crippen molar-refractivity contribution in [2.75, 3.05) is 11.9 Å². The van der Waals surface area contributed by atoms with Gasteiger partial charge in [0, 0.05) is 30.4 Å². The second-order valence-corrected chi connectivity index (χ2v) is 4.49. The van der Waals surface area contributed by atoms with Crippen molar-refractivity contribution in [3.8, 4) is 11.4 Å². The number of carbonyl (C=O) groups is 1. The van der Waals surface area contributed by atoms with E-state index in [0.29, 0.717) is 17.9 Å². The molecule has 0 unspecified atom stereocenters. The van der Waals surface area contributed by atoms with Gasteiger partial charge in [-0.3, -0.25) is 10.1 Å². The van der Waals surface area contributed by atoms with Gasteiger partial charge in [-0.25, -0.2) is 14.8 Å². The van der Waals surface area contributed by atoms with E-state index >= 15 is 0 Å². The summed E-state index contributed by atoms with van der Waals surface area (Å²) >= 11 is 0. The van der Waals surface area contributed by atoms with Crippen LogP contribution in [0.5, 0.6) is 0 Å². The van der Waals surface area contributed by atoms with Crippen LogP contribution in [0.4, 0.5) is 11.5 Å². The van der Waals surface area contributed by atoms with Crippen LogP contribution in [-0.4, -0.2) is 32.5 Å². The molecule has 8 heteroatoms. The molecule has 1 aromatic carbocycles. The highest BCUT2D eigenvalue weighted by molar-refractivity contribution is 5.93. The van der Waals surface area contributed by atoms with Gasteiger partial charge in [-0.05, 0) is 18.6 Å². The van der Waals surface area contributed by atoms with Crippen LogP contribution in [0.3, 0.4) is 0 Å². The summed E-state index contributed by atoms with van der Waals surface area (Å²) in [5.74, 6) is -0.579. The van der Waals surface area contributed by atoms with E-state index in [1.165, 1.54) is 30.5 Å². The number of benzene rings is 1. The molecule has 2 aromatic rings. The second kappa shape index (κ2) is 6.61. The molecule has 2 N–H and O–H groups in total. The number of hydrogen-bond acceptors (Lipinski definition) is 6. The fourth-order valence-corrected chi connectivity index (χ4v) is 1.79. The summed E-state index contributed by atoms with van der Waals surface area (Å²) in [5, 5.41) is 22.7. The van der Waals surface area contributed by atoms with Crippen LogP contribution in [0.25, 0.3) is 11.4 Å². The molecular weight excluding hydrogens is 288 g/mol. The number of carboxylic acids is 1. The first-order valence-corrected chi connectivity index (χ1v) is 6.62. The fraction of sp³-hybridized carbons (Fsp3) is 0.214. The molecule has 2 rings (SSSR count). The number of carboxylic acid groups (broad SMARTS) is 1. The van der Waals surface area contributed by atoms with Crippen LogP contribution >= 0.6 is 0 Å². The van der Waals surface area contributed by atoms with Gasteiger partial charge >= 0.3 is 5.97 Å². The number of non-ortho nitro benzene ring substituents is 1. The number of rotatable bonds is 6. The quantitative estimate of drug-likeness (QED) is 0.621. The van der Waals surface area contributed by atoms with Crippen LogP contribution in [0.2, 0.25) is 0 Å². The van der Waals surface area contributed by atoms with Crippen molar-refractivity contribution >= 4 is 17.5 Å². The zero-order chi connectivity index (χ0) is 16.1. The maximum atomic E-state index is 11.2. The molecule has 1 aromatic heterocycles. The summed E-state index contributed by atoms with van der Waals surface area (Å²) in [6.07, 6.45) is 2.04. The molecule has 8 nitrogen and oxygen atoms in total. The molecule has 114 valence electrons. The number of hydrogen-bond donors (Lipinski definition) is 2. The number of nitro groups is 1. The molecule has 0 fully saturated rings. The summed E-state index contributed by atoms with van der Waals surface area (Å²) < 4.78 is 0. The van der Waals surface area contributed by atoms with Crippen molar-refractivity contribution in [2.24, 2.45) is 0 Å². The van der Waals surface area contributed by atoms with Crippen LogP contribution < -0.4 is 5.32 Å². The topological polar surface area (TPSA) is 118 Å². The average molecular weight is 302 g/mol. The van der Waals surface area contributed by atoms with Gasteiger partial charge in [0.15, 0.2) is 5.82 Å². The Morgan fingerprint density at radius 1 is 1.36 bits per heavy atom. The van der Waals surface area contributed by atoms with Crippen LogP contribution in [0, 0.1) is 10.1 Å². The number of nitrogens with one attached hydrogen (secondary N) is 1. The third kappa shape index (κ3) is 3.35. The molecule has 22 heavy (non-hydrogen) atoms. The zero-order valence-corrected chi connectivity index (χ0v) is 11.8. The van der Waals surface area contributed by atoms with Crippen LogP contribution in [0.15, 0.2) is 30.5 Å². The fourth-order valence-electron chi connectivity index (χ4n) is 1.79. The predicted octanol–water partition coefficient (Wildman–Crippen LogP) is 2.57. The first-order valence-electron chi connectivity index (χ1n) is 6.62. The number of nitro benzene ring substituents is 1. The number of aromatic carboxylic acids is 1. The monoisotopic (exact) mass is 302 g/mol. The molecule has 0 saturated heterocycles. The third-order valence-electron chi connectivity index (χ3n) is 2.90. The van der Waals surface area contributed by atoms with Gasteiger partial charge in [0.1, 0.15) is 11.4 Å². The van der Waals surface area contributed by atoms with E-state index in [4.69, 9.17) is 5.11 Å². The lowest BCUT2D eigenvalue weighted by Crippen LogP contribution is -2.10. The Morgan fingerprint density at radius 3 is 2.59 bits per heavy atom. The molecular formula is C14H14N4O4. The smallest absolute Gasteiger partial charge is 0.341 e. The van der Waals surface area contributed by atoms with Crippen LogP contribution in [-0.2, 0) is 0 Å². The zero-order valence-electron chi connectivity index (χ0n) is 11.8. The van der Waals surface area contributed by atoms with E-state index in [0.717, 1.165) is 6.42 Å². The summed E-state index contributed by atoms with van der Waals surface area (Å²) in [7, 11) is 0. The molecule has 0 amide bonds. The van der Waals surface area contributed by atoms with Gasteiger partial charge in [0.05, 0.1) is 4.92 Å². The molecule has 1 heterocycles. The molecule has 0 aliphatic rings. The van der Waals surface area contributed by atoms with E-state index < -0.39 is 10.9 Å². The van der Waals surface area contributed by atoms with E-state index in [1.807, 2.05) is 6.92 Å².